The molecule has 0 saturated heterocycles. The molecule has 0 bridgehead atoms. The largest absolute Gasteiger partial charge is 0.468 e. The van der Waals surface area contributed by atoms with Gasteiger partial charge in [0.1, 0.15) is 0 Å². The molecular formula is C14H14F3NO2. The average molecular weight is 285 g/mol. The Hall–Kier alpha value is -1.98. The molecule has 0 radical (unpaired) electrons. The quantitative estimate of drug-likeness (QED) is 0.863. The number of esters is 1. The molecule has 0 fully saturated rings. The lowest BCUT2D eigenvalue weighted by Crippen LogP contribution is -2.36. The molecule has 1 N–H and O–H groups in total. The van der Waals surface area contributed by atoms with E-state index in [9.17, 15) is 18.0 Å². The number of halogens is 3. The van der Waals surface area contributed by atoms with Crippen LogP contribution in [-0.4, -0.2) is 13.1 Å². The van der Waals surface area contributed by atoms with Crippen molar-refractivity contribution in [2.24, 2.45) is 5.41 Å². The maximum Gasteiger partial charge on any atom is 0.416 e. The standard InChI is InChI=1S/C14H14F3NO2/c1-13(12(19)20-2)7-11(8-13)18-10-5-3-4-9(6-10)14(15,16)17/h3-7,18H,8H2,1-2H3. The summed E-state index contributed by atoms with van der Waals surface area (Å²) in [5.41, 5.74) is -0.355. The Balaban J connectivity index is 2.10. The second-order valence-corrected chi connectivity index (χ2v) is 4.96. The highest BCUT2D eigenvalue weighted by Crippen LogP contribution is 2.40. The van der Waals surface area contributed by atoms with Crippen LogP contribution < -0.4 is 5.32 Å². The molecule has 0 saturated carbocycles. The van der Waals surface area contributed by atoms with Crippen LogP contribution in [0.2, 0.25) is 0 Å². The predicted octanol–water partition coefficient (Wildman–Crippen LogP) is 3.58. The fourth-order valence-corrected chi connectivity index (χ4v) is 2.15. The maximum atomic E-state index is 12.6. The zero-order valence-corrected chi connectivity index (χ0v) is 11.0. The van der Waals surface area contributed by atoms with Crippen molar-refractivity contribution in [2.45, 2.75) is 19.5 Å². The monoisotopic (exact) mass is 285 g/mol. The smallest absolute Gasteiger partial charge is 0.416 e. The van der Waals surface area contributed by atoms with Gasteiger partial charge in [-0.3, -0.25) is 4.79 Å². The number of carbonyl (C=O) groups is 1. The average Bonchev–Trinajstić information content (AvgIpc) is 2.35. The van der Waals surface area contributed by atoms with Gasteiger partial charge < -0.3 is 10.1 Å². The second kappa shape index (κ2) is 4.85. The number of hydrogen-bond donors (Lipinski definition) is 1. The van der Waals surface area contributed by atoms with Crippen molar-refractivity contribution < 1.29 is 22.7 Å². The van der Waals surface area contributed by atoms with E-state index >= 15 is 0 Å². The first-order valence-corrected chi connectivity index (χ1v) is 5.99. The van der Waals surface area contributed by atoms with Crippen LogP contribution in [0.5, 0.6) is 0 Å². The van der Waals surface area contributed by atoms with Gasteiger partial charge in [0.05, 0.1) is 18.1 Å². The summed E-state index contributed by atoms with van der Waals surface area (Å²) in [6.07, 6.45) is -2.29. The van der Waals surface area contributed by atoms with Crippen molar-refractivity contribution in [1.29, 1.82) is 0 Å². The molecule has 1 aliphatic rings. The highest BCUT2D eigenvalue weighted by molar-refractivity contribution is 5.81. The SMILES string of the molecule is COC(=O)C1(C)C=C(Nc2cccc(C(F)(F)F)c2)C1. The minimum absolute atomic E-state index is 0.345. The molecule has 20 heavy (non-hydrogen) atoms. The number of carbonyl (C=O) groups excluding carboxylic acids is 1. The van der Waals surface area contributed by atoms with Crippen molar-refractivity contribution in [1.82, 2.24) is 0 Å². The number of alkyl halides is 3. The van der Waals surface area contributed by atoms with E-state index in [1.165, 1.54) is 13.2 Å². The first-order chi connectivity index (χ1) is 9.24. The van der Waals surface area contributed by atoms with E-state index in [-0.39, 0.29) is 5.97 Å². The highest BCUT2D eigenvalue weighted by atomic mass is 19.4. The van der Waals surface area contributed by atoms with E-state index < -0.39 is 17.2 Å². The molecule has 1 aliphatic carbocycles. The molecular weight excluding hydrogens is 271 g/mol. The molecule has 0 heterocycles. The molecule has 0 aromatic heterocycles. The van der Waals surface area contributed by atoms with E-state index in [0.29, 0.717) is 17.8 Å². The number of ether oxygens (including phenoxy) is 1. The minimum Gasteiger partial charge on any atom is -0.468 e. The van der Waals surface area contributed by atoms with Crippen LogP contribution in [0.15, 0.2) is 36.0 Å². The lowest BCUT2D eigenvalue weighted by molar-refractivity contribution is -0.149. The molecule has 108 valence electrons. The van der Waals surface area contributed by atoms with E-state index in [0.717, 1.165) is 12.1 Å². The second-order valence-electron chi connectivity index (χ2n) is 4.96. The van der Waals surface area contributed by atoms with Crippen molar-refractivity contribution in [3.8, 4) is 0 Å². The minimum atomic E-state index is -4.37. The van der Waals surface area contributed by atoms with Gasteiger partial charge in [0.15, 0.2) is 0 Å². The van der Waals surface area contributed by atoms with Crippen LogP contribution in [0.3, 0.4) is 0 Å². The number of methoxy groups -OCH3 is 1. The molecule has 3 nitrogen and oxygen atoms in total. The lowest BCUT2D eigenvalue weighted by Gasteiger charge is -2.34. The normalized spacial score (nSPS) is 21.8. The van der Waals surface area contributed by atoms with Gasteiger partial charge in [-0.05, 0) is 31.2 Å². The molecule has 0 spiro atoms. The molecule has 2 rings (SSSR count). The van der Waals surface area contributed by atoms with Crippen LogP contribution in [0.1, 0.15) is 18.9 Å². The summed E-state index contributed by atoms with van der Waals surface area (Å²) >= 11 is 0. The predicted molar refractivity (Wildman–Crippen MR) is 67.9 cm³/mol. The maximum absolute atomic E-state index is 12.6. The third-order valence-corrected chi connectivity index (χ3v) is 3.20. The van der Waals surface area contributed by atoms with Crippen molar-refractivity contribution in [3.05, 3.63) is 41.6 Å². The van der Waals surface area contributed by atoms with Crippen LogP contribution in [0, 0.1) is 5.41 Å². The van der Waals surface area contributed by atoms with Crippen molar-refractivity contribution in [2.75, 3.05) is 12.4 Å². The molecule has 1 unspecified atom stereocenters. The summed E-state index contributed by atoms with van der Waals surface area (Å²) in [5, 5.41) is 2.88. The third-order valence-electron chi connectivity index (χ3n) is 3.20. The summed E-state index contributed by atoms with van der Waals surface area (Å²) in [6, 6.07) is 4.93. The van der Waals surface area contributed by atoms with Gasteiger partial charge in [-0.15, -0.1) is 0 Å². The van der Waals surface area contributed by atoms with Crippen molar-refractivity contribution >= 4 is 11.7 Å². The summed E-state index contributed by atoms with van der Waals surface area (Å²) in [6.45, 7) is 1.72. The molecule has 6 heteroatoms. The Morgan fingerprint density at radius 1 is 1.40 bits per heavy atom. The van der Waals surface area contributed by atoms with Crippen LogP contribution in [-0.2, 0) is 15.7 Å². The Kier molecular flexibility index (Phi) is 3.50. The van der Waals surface area contributed by atoms with E-state index in [2.05, 4.69) is 10.1 Å². The van der Waals surface area contributed by atoms with Crippen LogP contribution in [0.25, 0.3) is 0 Å². The van der Waals surface area contributed by atoms with Gasteiger partial charge in [-0.25, -0.2) is 0 Å². The zero-order valence-electron chi connectivity index (χ0n) is 11.0. The lowest BCUT2D eigenvalue weighted by atomic mass is 9.75. The van der Waals surface area contributed by atoms with Gasteiger partial charge in [0.2, 0.25) is 0 Å². The zero-order chi connectivity index (χ0) is 15.0. The topological polar surface area (TPSA) is 38.3 Å². The van der Waals surface area contributed by atoms with Gasteiger partial charge in [0.25, 0.3) is 0 Å². The number of allylic oxidation sites excluding steroid dienone is 1. The van der Waals surface area contributed by atoms with Crippen LogP contribution in [0.4, 0.5) is 18.9 Å². The highest BCUT2D eigenvalue weighted by Gasteiger charge is 2.40. The summed E-state index contributed by atoms with van der Waals surface area (Å²) < 4.78 is 42.4. The Morgan fingerprint density at radius 2 is 2.05 bits per heavy atom. The number of anilines is 1. The Morgan fingerprint density at radius 3 is 2.60 bits per heavy atom. The number of nitrogens with one attached hydrogen (secondary N) is 1. The fraction of sp³-hybridized carbons (Fsp3) is 0.357. The molecule has 1 aromatic rings. The third kappa shape index (κ3) is 2.79. The summed E-state index contributed by atoms with van der Waals surface area (Å²) in [7, 11) is 1.31. The first-order valence-electron chi connectivity index (χ1n) is 5.99. The Labute approximate surface area is 114 Å². The molecule has 0 amide bonds. The van der Waals surface area contributed by atoms with E-state index in [1.807, 2.05) is 0 Å². The molecule has 0 aliphatic heterocycles. The van der Waals surface area contributed by atoms with Gasteiger partial charge >= 0.3 is 12.1 Å². The van der Waals surface area contributed by atoms with Gasteiger partial charge in [-0.2, -0.15) is 13.2 Å². The molecule has 1 aromatic carbocycles. The fourth-order valence-electron chi connectivity index (χ4n) is 2.15. The molecule has 1 atom stereocenters. The van der Waals surface area contributed by atoms with Crippen LogP contribution >= 0.6 is 0 Å². The number of benzene rings is 1. The first kappa shape index (κ1) is 14.4. The summed E-state index contributed by atoms with van der Waals surface area (Å²) in [4.78, 5) is 11.5. The van der Waals surface area contributed by atoms with E-state index in [1.54, 1.807) is 19.1 Å². The number of hydrogen-bond acceptors (Lipinski definition) is 3. The van der Waals surface area contributed by atoms with Crippen molar-refractivity contribution in [3.63, 3.8) is 0 Å². The Bertz CT molecular complexity index is 566. The van der Waals surface area contributed by atoms with Gasteiger partial charge in [-0.1, -0.05) is 6.07 Å². The number of rotatable bonds is 3. The van der Waals surface area contributed by atoms with Gasteiger partial charge in [0, 0.05) is 17.8 Å². The summed E-state index contributed by atoms with van der Waals surface area (Å²) in [5.74, 6) is -0.355. The van der Waals surface area contributed by atoms with E-state index in [4.69, 9.17) is 0 Å².